The molecule has 1 heterocycles. The quantitative estimate of drug-likeness (QED) is 0.315. The maximum absolute atomic E-state index is 14.2. The van der Waals surface area contributed by atoms with Crippen LogP contribution >= 0.6 is 0 Å². The molecule has 31 heavy (non-hydrogen) atoms. The molecule has 3 aromatic rings. The van der Waals surface area contributed by atoms with E-state index in [9.17, 15) is 26.3 Å². The monoisotopic (exact) mass is 436 g/mol. The average molecular weight is 436 g/mol. The standard InChI is InChI=1S/C24H20F6N/c1-13-9-14(2)15(3)18(10-13)21-12-17(7-8-31(21)4)16-5-6-19-20(11-16)23(27,28)24(29,30)22(19,25)26/h5-12H,1-4H3/q+1. The van der Waals surface area contributed by atoms with Gasteiger partial charge in [-0.1, -0.05) is 23.8 Å². The third kappa shape index (κ3) is 2.89. The van der Waals surface area contributed by atoms with Gasteiger partial charge in [-0.15, -0.1) is 0 Å². The molecule has 0 saturated heterocycles. The van der Waals surface area contributed by atoms with E-state index in [1.54, 1.807) is 18.3 Å². The zero-order valence-corrected chi connectivity index (χ0v) is 17.3. The summed E-state index contributed by atoms with van der Waals surface area (Å²) in [5.41, 5.74) is 2.84. The molecular formula is C24H20F6N+. The van der Waals surface area contributed by atoms with Crippen LogP contribution in [0.3, 0.4) is 0 Å². The summed E-state index contributed by atoms with van der Waals surface area (Å²) >= 11 is 0. The van der Waals surface area contributed by atoms with Gasteiger partial charge < -0.3 is 0 Å². The van der Waals surface area contributed by atoms with Crippen LogP contribution in [0.2, 0.25) is 0 Å². The van der Waals surface area contributed by atoms with Crippen LogP contribution in [0.4, 0.5) is 26.3 Å². The van der Waals surface area contributed by atoms with Gasteiger partial charge in [0.15, 0.2) is 6.20 Å². The number of aryl methyl sites for hydroxylation is 3. The van der Waals surface area contributed by atoms with Gasteiger partial charge in [0, 0.05) is 28.8 Å². The second-order valence-electron chi connectivity index (χ2n) is 8.15. The van der Waals surface area contributed by atoms with Crippen molar-refractivity contribution in [2.24, 2.45) is 7.05 Å². The van der Waals surface area contributed by atoms with Crippen LogP contribution in [0.25, 0.3) is 22.4 Å². The number of nitrogens with zero attached hydrogens (tertiary/aromatic N) is 1. The minimum atomic E-state index is -5.48. The van der Waals surface area contributed by atoms with E-state index in [-0.39, 0.29) is 5.56 Å². The van der Waals surface area contributed by atoms with Gasteiger partial charge in [-0.2, -0.15) is 26.3 Å². The van der Waals surface area contributed by atoms with Crippen molar-refractivity contribution in [3.8, 4) is 22.4 Å². The molecule has 0 amide bonds. The third-order valence-corrected chi connectivity index (χ3v) is 6.06. The number of rotatable bonds is 2. The number of pyridine rings is 1. The lowest BCUT2D eigenvalue weighted by atomic mass is 9.94. The predicted molar refractivity (Wildman–Crippen MR) is 105 cm³/mol. The Morgan fingerprint density at radius 3 is 2.00 bits per heavy atom. The molecule has 1 aliphatic rings. The molecule has 0 fully saturated rings. The minimum Gasteiger partial charge on any atom is -0.201 e. The molecule has 0 unspecified atom stereocenters. The highest BCUT2D eigenvalue weighted by atomic mass is 19.3. The molecule has 0 aliphatic heterocycles. The number of hydrogen-bond acceptors (Lipinski definition) is 0. The van der Waals surface area contributed by atoms with Gasteiger partial charge >= 0.3 is 17.8 Å². The van der Waals surface area contributed by atoms with Crippen molar-refractivity contribution in [2.45, 2.75) is 38.5 Å². The molecule has 1 nitrogen and oxygen atoms in total. The van der Waals surface area contributed by atoms with Crippen LogP contribution in [0.15, 0.2) is 48.7 Å². The number of fused-ring (bicyclic) bond motifs is 1. The van der Waals surface area contributed by atoms with E-state index in [0.717, 1.165) is 34.0 Å². The highest BCUT2D eigenvalue weighted by Gasteiger charge is 2.79. The van der Waals surface area contributed by atoms with E-state index in [0.29, 0.717) is 11.6 Å². The van der Waals surface area contributed by atoms with Crippen molar-refractivity contribution in [1.82, 2.24) is 0 Å². The Labute approximate surface area is 176 Å². The maximum Gasteiger partial charge on any atom is 0.380 e. The summed E-state index contributed by atoms with van der Waals surface area (Å²) in [6.45, 7) is 5.91. The van der Waals surface area contributed by atoms with E-state index < -0.39 is 28.9 Å². The van der Waals surface area contributed by atoms with Crippen LogP contribution in [0.1, 0.15) is 27.8 Å². The molecule has 0 spiro atoms. The number of benzene rings is 2. The second kappa shape index (κ2) is 6.58. The molecule has 0 radical (unpaired) electrons. The Kier molecular flexibility index (Phi) is 4.54. The lowest BCUT2D eigenvalue weighted by Gasteiger charge is -2.23. The van der Waals surface area contributed by atoms with Crippen molar-refractivity contribution in [3.05, 3.63) is 76.5 Å². The van der Waals surface area contributed by atoms with Crippen molar-refractivity contribution >= 4 is 0 Å². The second-order valence-corrected chi connectivity index (χ2v) is 8.15. The van der Waals surface area contributed by atoms with Crippen LogP contribution < -0.4 is 4.57 Å². The minimum absolute atomic E-state index is 0.163. The van der Waals surface area contributed by atoms with Crippen LogP contribution in [-0.4, -0.2) is 5.92 Å². The number of aromatic nitrogens is 1. The summed E-state index contributed by atoms with van der Waals surface area (Å²) in [6, 6.07) is 10.0. The van der Waals surface area contributed by atoms with Crippen LogP contribution in [0, 0.1) is 20.8 Å². The van der Waals surface area contributed by atoms with Crippen molar-refractivity contribution in [1.29, 1.82) is 0 Å². The van der Waals surface area contributed by atoms with Crippen molar-refractivity contribution < 1.29 is 30.9 Å². The Morgan fingerprint density at radius 2 is 1.32 bits per heavy atom. The SMILES string of the molecule is Cc1cc(C)c(C)c(-c2cc(-c3ccc4c(c3)C(F)(F)C(F)(F)C4(F)F)cc[n+]2C)c1. The van der Waals surface area contributed by atoms with Gasteiger partial charge in [0.2, 0.25) is 5.69 Å². The fourth-order valence-electron chi connectivity index (χ4n) is 4.12. The molecule has 7 heteroatoms. The smallest absolute Gasteiger partial charge is 0.201 e. The predicted octanol–water partition coefficient (Wildman–Crippen LogP) is 6.60. The fourth-order valence-corrected chi connectivity index (χ4v) is 4.12. The fraction of sp³-hybridized carbons (Fsp3) is 0.292. The van der Waals surface area contributed by atoms with Gasteiger partial charge in [0.25, 0.3) is 0 Å². The van der Waals surface area contributed by atoms with Gasteiger partial charge in [-0.05, 0) is 55.2 Å². The molecule has 2 aromatic carbocycles. The first-order valence-corrected chi connectivity index (χ1v) is 9.66. The maximum atomic E-state index is 14.2. The van der Waals surface area contributed by atoms with E-state index in [1.165, 1.54) is 6.07 Å². The van der Waals surface area contributed by atoms with Gasteiger partial charge in [-0.25, -0.2) is 4.57 Å². The summed E-state index contributed by atoms with van der Waals surface area (Å²) in [7, 11) is 1.83. The molecule has 1 aromatic heterocycles. The topological polar surface area (TPSA) is 3.88 Å². The highest BCUT2D eigenvalue weighted by molar-refractivity contribution is 5.72. The number of halogens is 6. The molecule has 4 rings (SSSR count). The van der Waals surface area contributed by atoms with E-state index >= 15 is 0 Å². The first-order chi connectivity index (χ1) is 14.3. The summed E-state index contributed by atoms with van der Waals surface area (Å²) in [4.78, 5) is 0. The number of alkyl halides is 6. The van der Waals surface area contributed by atoms with E-state index in [2.05, 4.69) is 0 Å². The zero-order valence-electron chi connectivity index (χ0n) is 17.3. The van der Waals surface area contributed by atoms with Crippen LogP contribution in [-0.2, 0) is 18.9 Å². The Morgan fingerprint density at radius 1 is 0.710 bits per heavy atom. The normalized spacial score (nSPS) is 18.1. The Hall–Kier alpha value is -2.83. The summed E-state index contributed by atoms with van der Waals surface area (Å²) in [5.74, 6) is -15.4. The average Bonchev–Trinajstić information content (AvgIpc) is 2.80. The lowest BCUT2D eigenvalue weighted by Crippen LogP contribution is -2.43. The Bertz CT molecular complexity index is 1210. The third-order valence-electron chi connectivity index (χ3n) is 6.06. The number of hydrogen-bond donors (Lipinski definition) is 0. The van der Waals surface area contributed by atoms with Crippen molar-refractivity contribution in [2.75, 3.05) is 0 Å². The van der Waals surface area contributed by atoms with Crippen molar-refractivity contribution in [3.63, 3.8) is 0 Å². The van der Waals surface area contributed by atoms with E-state index in [4.69, 9.17) is 0 Å². The molecule has 0 atom stereocenters. The first kappa shape index (κ1) is 21.4. The first-order valence-electron chi connectivity index (χ1n) is 9.66. The molecule has 0 bridgehead atoms. The lowest BCUT2D eigenvalue weighted by molar-refractivity contribution is -0.660. The summed E-state index contributed by atoms with van der Waals surface area (Å²) in [6.07, 6.45) is 1.72. The highest BCUT2D eigenvalue weighted by Crippen LogP contribution is 2.63. The summed E-state index contributed by atoms with van der Waals surface area (Å²) < 4.78 is 85.8. The molecule has 162 valence electrons. The van der Waals surface area contributed by atoms with E-state index in [1.807, 2.05) is 44.5 Å². The van der Waals surface area contributed by atoms with Gasteiger partial charge in [0.1, 0.15) is 7.05 Å². The molecule has 1 aliphatic carbocycles. The van der Waals surface area contributed by atoms with Gasteiger partial charge in [-0.3, -0.25) is 0 Å². The summed E-state index contributed by atoms with van der Waals surface area (Å²) in [5, 5.41) is 0. The molecule has 0 N–H and O–H groups in total. The molecular weight excluding hydrogens is 416 g/mol. The van der Waals surface area contributed by atoms with Crippen LogP contribution in [0.5, 0.6) is 0 Å². The zero-order chi connectivity index (χ0) is 22.9. The molecule has 0 saturated carbocycles. The van der Waals surface area contributed by atoms with Gasteiger partial charge in [0.05, 0.1) is 0 Å². The largest absolute Gasteiger partial charge is 0.380 e. The Balaban J connectivity index is 1.89.